The van der Waals surface area contributed by atoms with Gasteiger partial charge in [-0.25, -0.2) is 9.97 Å². The molecule has 0 radical (unpaired) electrons. The molecule has 2 aromatic rings. The summed E-state index contributed by atoms with van der Waals surface area (Å²) in [4.78, 5) is 19.3. The Morgan fingerprint density at radius 2 is 1.86 bits per heavy atom. The summed E-state index contributed by atoms with van der Waals surface area (Å²) in [6.07, 6.45) is -3.10. The fraction of sp³-hybridized carbons (Fsp3) is 0.154. The lowest BCUT2D eigenvalue weighted by atomic mass is 10.1. The number of carbonyl (C=O) groups excluding carboxylic acids is 1. The minimum Gasteiger partial charge on any atom is -0.294 e. The van der Waals surface area contributed by atoms with Crippen LogP contribution < -0.4 is 5.32 Å². The van der Waals surface area contributed by atoms with Crippen molar-refractivity contribution in [2.45, 2.75) is 12.6 Å². The third-order valence-electron chi connectivity index (χ3n) is 2.52. The summed E-state index contributed by atoms with van der Waals surface area (Å²) >= 11 is 5.64. The summed E-state index contributed by atoms with van der Waals surface area (Å²) in [5.41, 5.74) is -0.313. The molecule has 0 unspecified atom stereocenters. The highest BCUT2D eigenvalue weighted by molar-refractivity contribution is 6.29. The van der Waals surface area contributed by atoms with E-state index in [1.807, 2.05) is 0 Å². The van der Waals surface area contributed by atoms with Gasteiger partial charge < -0.3 is 0 Å². The Bertz CT molecular complexity index is 644. The van der Waals surface area contributed by atoms with Crippen molar-refractivity contribution in [2.75, 3.05) is 5.32 Å². The van der Waals surface area contributed by atoms with Crippen molar-refractivity contribution in [1.29, 1.82) is 0 Å². The number of aromatic nitrogens is 2. The molecule has 8 heteroatoms. The van der Waals surface area contributed by atoms with Crippen LogP contribution in [-0.4, -0.2) is 15.9 Å². The summed E-state index contributed by atoms with van der Waals surface area (Å²) in [5.74, 6) is -0.406. The van der Waals surface area contributed by atoms with Crippen LogP contribution in [0.25, 0.3) is 0 Å². The average molecular weight is 316 g/mol. The molecule has 0 aliphatic heterocycles. The number of rotatable bonds is 3. The number of nitrogens with one attached hydrogen (secondary N) is 1. The molecular formula is C13H9ClF3N3O. The maximum absolute atomic E-state index is 12.4. The zero-order valence-corrected chi connectivity index (χ0v) is 11.2. The van der Waals surface area contributed by atoms with E-state index in [0.29, 0.717) is 5.56 Å². The van der Waals surface area contributed by atoms with E-state index < -0.39 is 17.6 Å². The summed E-state index contributed by atoms with van der Waals surface area (Å²) in [6, 6.07) is 5.81. The second-order valence-corrected chi connectivity index (χ2v) is 4.51. The lowest BCUT2D eigenvalue weighted by Gasteiger charge is -2.07. The highest BCUT2D eigenvalue weighted by Gasteiger charge is 2.29. The quantitative estimate of drug-likeness (QED) is 0.884. The van der Waals surface area contributed by atoms with E-state index in [-0.39, 0.29) is 17.5 Å². The number of nitrogens with zero attached hydrogens (tertiary/aromatic N) is 2. The Labute approximate surface area is 123 Å². The van der Waals surface area contributed by atoms with Gasteiger partial charge in [0.1, 0.15) is 5.15 Å². The largest absolute Gasteiger partial charge is 0.416 e. The third kappa shape index (κ3) is 4.42. The molecule has 1 amide bonds. The molecule has 21 heavy (non-hydrogen) atoms. The van der Waals surface area contributed by atoms with Crippen molar-refractivity contribution >= 4 is 23.5 Å². The van der Waals surface area contributed by atoms with E-state index in [4.69, 9.17) is 11.6 Å². The number of hydrogen-bond donors (Lipinski definition) is 1. The minimum atomic E-state index is -4.39. The van der Waals surface area contributed by atoms with Crippen LogP contribution in [0.2, 0.25) is 5.15 Å². The Balaban J connectivity index is 2.00. The molecular weight excluding hydrogens is 307 g/mol. The van der Waals surface area contributed by atoms with Gasteiger partial charge in [-0.15, -0.1) is 0 Å². The van der Waals surface area contributed by atoms with E-state index in [9.17, 15) is 18.0 Å². The van der Waals surface area contributed by atoms with Crippen LogP contribution in [0.4, 0.5) is 19.1 Å². The molecule has 0 bridgehead atoms. The average Bonchev–Trinajstić information content (AvgIpc) is 2.38. The van der Waals surface area contributed by atoms with Gasteiger partial charge in [0, 0.05) is 6.20 Å². The summed E-state index contributed by atoms with van der Waals surface area (Å²) in [7, 11) is 0. The van der Waals surface area contributed by atoms with Crippen LogP contribution in [0.1, 0.15) is 11.1 Å². The second-order valence-electron chi connectivity index (χ2n) is 4.12. The maximum atomic E-state index is 12.4. The molecule has 0 saturated heterocycles. The molecule has 0 atom stereocenters. The topological polar surface area (TPSA) is 54.9 Å². The minimum absolute atomic E-state index is 0.0411. The van der Waals surface area contributed by atoms with Crippen molar-refractivity contribution in [1.82, 2.24) is 9.97 Å². The molecule has 2 rings (SSSR count). The van der Waals surface area contributed by atoms with Crippen molar-refractivity contribution in [3.05, 3.63) is 52.8 Å². The first-order valence-electron chi connectivity index (χ1n) is 5.79. The van der Waals surface area contributed by atoms with Gasteiger partial charge >= 0.3 is 6.18 Å². The van der Waals surface area contributed by atoms with Crippen molar-refractivity contribution in [3.63, 3.8) is 0 Å². The van der Waals surface area contributed by atoms with Gasteiger partial charge in [0.2, 0.25) is 11.9 Å². The monoisotopic (exact) mass is 315 g/mol. The normalized spacial score (nSPS) is 11.2. The van der Waals surface area contributed by atoms with Crippen LogP contribution in [0.3, 0.4) is 0 Å². The number of benzene rings is 1. The van der Waals surface area contributed by atoms with Gasteiger partial charge in [-0.3, -0.25) is 10.1 Å². The number of halogens is 4. The molecule has 0 saturated carbocycles. The summed E-state index contributed by atoms with van der Waals surface area (Å²) < 4.78 is 37.2. The lowest BCUT2D eigenvalue weighted by Crippen LogP contribution is -2.16. The molecule has 1 heterocycles. The molecule has 0 spiro atoms. The summed E-state index contributed by atoms with van der Waals surface area (Å²) in [6.45, 7) is 0. The number of amides is 1. The van der Waals surface area contributed by atoms with Gasteiger partial charge in [0.25, 0.3) is 0 Å². The predicted molar refractivity (Wildman–Crippen MR) is 70.8 cm³/mol. The predicted octanol–water partition coefficient (Wildman–Crippen LogP) is 3.33. The second kappa shape index (κ2) is 6.09. The van der Waals surface area contributed by atoms with Crippen LogP contribution in [0, 0.1) is 0 Å². The van der Waals surface area contributed by atoms with Gasteiger partial charge in [0.05, 0.1) is 12.0 Å². The number of carbonyl (C=O) groups is 1. The zero-order chi connectivity index (χ0) is 15.5. The van der Waals surface area contributed by atoms with E-state index >= 15 is 0 Å². The molecule has 1 aromatic heterocycles. The first-order valence-corrected chi connectivity index (χ1v) is 6.17. The van der Waals surface area contributed by atoms with Gasteiger partial charge in [0.15, 0.2) is 0 Å². The van der Waals surface area contributed by atoms with E-state index in [1.54, 1.807) is 0 Å². The summed E-state index contributed by atoms with van der Waals surface area (Å²) in [5, 5.41) is 2.58. The Morgan fingerprint density at radius 3 is 2.43 bits per heavy atom. The Hall–Kier alpha value is -2.15. The van der Waals surface area contributed by atoms with Gasteiger partial charge in [-0.05, 0) is 23.8 Å². The van der Waals surface area contributed by atoms with Crippen LogP contribution in [0.15, 0.2) is 36.5 Å². The highest BCUT2D eigenvalue weighted by Crippen LogP contribution is 2.29. The molecule has 110 valence electrons. The Morgan fingerprint density at radius 1 is 1.19 bits per heavy atom. The number of alkyl halides is 3. The smallest absolute Gasteiger partial charge is 0.294 e. The third-order valence-corrected chi connectivity index (χ3v) is 2.73. The number of anilines is 1. The van der Waals surface area contributed by atoms with Crippen molar-refractivity contribution < 1.29 is 18.0 Å². The van der Waals surface area contributed by atoms with Crippen LogP contribution in [0.5, 0.6) is 0 Å². The molecule has 1 N–H and O–H groups in total. The van der Waals surface area contributed by atoms with E-state index in [0.717, 1.165) is 12.1 Å². The number of hydrogen-bond acceptors (Lipinski definition) is 3. The van der Waals surface area contributed by atoms with Crippen LogP contribution >= 0.6 is 11.6 Å². The first kappa shape index (κ1) is 15.2. The fourth-order valence-electron chi connectivity index (χ4n) is 1.56. The molecule has 0 fully saturated rings. The molecule has 0 aliphatic carbocycles. The molecule has 1 aromatic carbocycles. The van der Waals surface area contributed by atoms with E-state index in [2.05, 4.69) is 15.3 Å². The standard InChI is InChI=1S/C13H9ClF3N3O/c14-10-5-6-18-12(19-10)20-11(21)7-8-1-3-9(4-2-8)13(15,16)17/h1-6H,7H2,(H,18,19,20,21). The molecule has 4 nitrogen and oxygen atoms in total. The zero-order valence-electron chi connectivity index (χ0n) is 10.5. The highest BCUT2D eigenvalue weighted by atomic mass is 35.5. The van der Waals surface area contributed by atoms with E-state index in [1.165, 1.54) is 24.4 Å². The first-order chi connectivity index (χ1) is 9.84. The SMILES string of the molecule is O=C(Cc1ccc(C(F)(F)F)cc1)Nc1nccc(Cl)n1. The lowest BCUT2D eigenvalue weighted by molar-refractivity contribution is -0.137. The van der Waals surface area contributed by atoms with Crippen LogP contribution in [-0.2, 0) is 17.4 Å². The molecule has 0 aliphatic rings. The fourth-order valence-corrected chi connectivity index (χ4v) is 1.70. The maximum Gasteiger partial charge on any atom is 0.416 e. The van der Waals surface area contributed by atoms with Gasteiger partial charge in [-0.2, -0.15) is 13.2 Å². The van der Waals surface area contributed by atoms with Crippen molar-refractivity contribution in [3.8, 4) is 0 Å². The van der Waals surface area contributed by atoms with Crippen molar-refractivity contribution in [2.24, 2.45) is 0 Å². The van der Waals surface area contributed by atoms with Gasteiger partial charge in [-0.1, -0.05) is 23.7 Å². The Kier molecular flexibility index (Phi) is 4.42.